The van der Waals surface area contributed by atoms with Crippen LogP contribution in [0.25, 0.3) is 10.8 Å². The number of nitrogens with zero attached hydrogens (tertiary/aromatic N) is 1. The minimum absolute atomic E-state index is 0.0825. The third-order valence-electron chi connectivity index (χ3n) is 5.47. The molecule has 0 radical (unpaired) electrons. The lowest BCUT2D eigenvalue weighted by Crippen LogP contribution is -2.46. The van der Waals surface area contributed by atoms with E-state index in [1.54, 1.807) is 7.11 Å². The smallest absolute Gasteiger partial charge is 0.253 e. The third-order valence-corrected chi connectivity index (χ3v) is 5.47. The van der Waals surface area contributed by atoms with E-state index in [2.05, 4.69) is 12.1 Å². The van der Waals surface area contributed by atoms with Gasteiger partial charge in [-0.05, 0) is 35.7 Å². The maximum absolute atomic E-state index is 12.8. The Kier molecular flexibility index (Phi) is 4.02. The van der Waals surface area contributed by atoms with Crippen molar-refractivity contribution in [2.75, 3.05) is 26.8 Å². The van der Waals surface area contributed by atoms with Crippen molar-refractivity contribution in [2.45, 2.75) is 31.0 Å². The second-order valence-corrected chi connectivity index (χ2v) is 6.91. The summed E-state index contributed by atoms with van der Waals surface area (Å²) in [6, 6.07) is 14.1. The fraction of sp³-hybridized carbons (Fsp3) is 0.450. The lowest BCUT2D eigenvalue weighted by molar-refractivity contribution is -0.0402. The molecular weight excluding hydrogens is 302 g/mol. The number of ether oxygens (including phenoxy) is 2. The van der Waals surface area contributed by atoms with Crippen LogP contribution < -0.4 is 0 Å². The number of hydrogen-bond donors (Lipinski definition) is 0. The molecule has 2 aliphatic rings. The fourth-order valence-electron chi connectivity index (χ4n) is 3.92. The molecule has 0 saturated carbocycles. The maximum atomic E-state index is 12.8. The van der Waals surface area contributed by atoms with Crippen LogP contribution in [0, 0.1) is 0 Å². The van der Waals surface area contributed by atoms with Gasteiger partial charge in [-0.2, -0.15) is 0 Å². The number of amides is 1. The van der Waals surface area contributed by atoms with Gasteiger partial charge in [-0.3, -0.25) is 4.79 Å². The van der Waals surface area contributed by atoms with Crippen LogP contribution >= 0.6 is 0 Å². The van der Waals surface area contributed by atoms with Crippen LogP contribution in [0.15, 0.2) is 42.5 Å². The van der Waals surface area contributed by atoms with Gasteiger partial charge in [0.25, 0.3) is 5.91 Å². The van der Waals surface area contributed by atoms with Gasteiger partial charge in [-0.1, -0.05) is 30.3 Å². The van der Waals surface area contributed by atoms with E-state index in [1.807, 2.05) is 35.2 Å². The molecule has 1 atom stereocenters. The number of hydrogen-bond acceptors (Lipinski definition) is 3. The fourth-order valence-corrected chi connectivity index (χ4v) is 3.92. The first kappa shape index (κ1) is 15.6. The van der Waals surface area contributed by atoms with Gasteiger partial charge < -0.3 is 14.4 Å². The highest BCUT2D eigenvalue weighted by Gasteiger charge is 2.43. The number of carbonyl (C=O) groups is 1. The van der Waals surface area contributed by atoms with Gasteiger partial charge >= 0.3 is 0 Å². The summed E-state index contributed by atoms with van der Waals surface area (Å²) in [5, 5.41) is 2.27. The molecular formula is C20H23NO3. The van der Waals surface area contributed by atoms with Crippen LogP contribution in [0.4, 0.5) is 0 Å². The Bertz CT molecular complexity index is 749. The van der Waals surface area contributed by atoms with E-state index >= 15 is 0 Å². The summed E-state index contributed by atoms with van der Waals surface area (Å²) in [4.78, 5) is 14.8. The minimum Gasteiger partial charge on any atom is -0.379 e. The van der Waals surface area contributed by atoms with Crippen molar-refractivity contribution in [3.05, 3.63) is 48.0 Å². The van der Waals surface area contributed by atoms with Crippen molar-refractivity contribution >= 4 is 16.7 Å². The Morgan fingerprint density at radius 2 is 1.92 bits per heavy atom. The zero-order valence-corrected chi connectivity index (χ0v) is 14.0. The molecule has 1 spiro atoms. The van der Waals surface area contributed by atoms with E-state index in [9.17, 15) is 4.79 Å². The molecule has 4 rings (SSSR count). The Balaban J connectivity index is 1.46. The lowest BCUT2D eigenvalue weighted by atomic mass is 9.87. The molecule has 2 aliphatic heterocycles. The predicted molar refractivity (Wildman–Crippen MR) is 93.2 cm³/mol. The third kappa shape index (κ3) is 2.80. The first-order valence-corrected chi connectivity index (χ1v) is 8.64. The van der Waals surface area contributed by atoms with E-state index in [-0.39, 0.29) is 17.6 Å². The molecule has 0 unspecified atom stereocenters. The predicted octanol–water partition coefficient (Wildman–Crippen LogP) is 3.25. The molecule has 126 valence electrons. The summed E-state index contributed by atoms with van der Waals surface area (Å²) >= 11 is 0. The first-order chi connectivity index (χ1) is 11.7. The van der Waals surface area contributed by atoms with Gasteiger partial charge in [0.2, 0.25) is 0 Å². The Morgan fingerprint density at radius 1 is 1.17 bits per heavy atom. The topological polar surface area (TPSA) is 38.8 Å². The zero-order chi connectivity index (χ0) is 16.6. The van der Waals surface area contributed by atoms with Crippen LogP contribution in [-0.4, -0.2) is 49.3 Å². The van der Waals surface area contributed by atoms with E-state index in [1.165, 1.54) is 0 Å². The lowest BCUT2D eigenvalue weighted by Gasteiger charge is -2.38. The van der Waals surface area contributed by atoms with Gasteiger partial charge in [0.1, 0.15) is 0 Å². The van der Waals surface area contributed by atoms with Crippen molar-refractivity contribution in [3.8, 4) is 0 Å². The first-order valence-electron chi connectivity index (χ1n) is 8.64. The summed E-state index contributed by atoms with van der Waals surface area (Å²) in [6.07, 6.45) is 2.94. The van der Waals surface area contributed by atoms with Crippen LogP contribution in [0.5, 0.6) is 0 Å². The summed E-state index contributed by atoms with van der Waals surface area (Å²) in [7, 11) is 1.74. The Morgan fingerprint density at radius 3 is 2.62 bits per heavy atom. The van der Waals surface area contributed by atoms with Crippen molar-refractivity contribution in [1.29, 1.82) is 0 Å². The largest absolute Gasteiger partial charge is 0.379 e. The van der Waals surface area contributed by atoms with Gasteiger partial charge in [-0.25, -0.2) is 0 Å². The van der Waals surface area contributed by atoms with Gasteiger partial charge in [-0.15, -0.1) is 0 Å². The molecule has 2 heterocycles. The number of rotatable bonds is 2. The highest BCUT2D eigenvalue weighted by molar-refractivity contribution is 5.98. The molecule has 0 aromatic heterocycles. The number of methoxy groups -OCH3 is 1. The minimum atomic E-state index is -0.0825. The molecule has 4 nitrogen and oxygen atoms in total. The van der Waals surface area contributed by atoms with Crippen LogP contribution in [-0.2, 0) is 9.47 Å². The molecule has 4 heteroatoms. The number of benzene rings is 2. The second-order valence-electron chi connectivity index (χ2n) is 6.91. The monoisotopic (exact) mass is 325 g/mol. The van der Waals surface area contributed by atoms with E-state index < -0.39 is 0 Å². The number of likely N-dealkylation sites (tertiary alicyclic amines) is 1. The number of carbonyl (C=O) groups excluding carboxylic acids is 1. The number of piperidine rings is 1. The van der Waals surface area contributed by atoms with E-state index in [0.29, 0.717) is 6.61 Å². The molecule has 2 fully saturated rings. The Hall–Kier alpha value is -1.91. The molecule has 24 heavy (non-hydrogen) atoms. The van der Waals surface area contributed by atoms with Gasteiger partial charge in [0.15, 0.2) is 0 Å². The average Bonchev–Trinajstić information content (AvgIpc) is 3.04. The zero-order valence-electron chi connectivity index (χ0n) is 14.0. The van der Waals surface area contributed by atoms with Crippen LogP contribution in [0.2, 0.25) is 0 Å². The standard InChI is InChI=1S/C20H23NO3/c1-23-18-13-20(24-14-18)8-10-21(11-9-20)19(22)17-7-6-15-4-2-3-5-16(15)12-17/h2-7,12,18H,8-11,13-14H2,1H3/t18-/m0/s1. The van der Waals surface area contributed by atoms with Crippen LogP contribution in [0.1, 0.15) is 29.6 Å². The van der Waals surface area contributed by atoms with Crippen molar-refractivity contribution in [1.82, 2.24) is 4.90 Å². The summed E-state index contributed by atoms with van der Waals surface area (Å²) in [5.41, 5.74) is 0.688. The summed E-state index contributed by atoms with van der Waals surface area (Å²) in [6.45, 7) is 2.18. The van der Waals surface area contributed by atoms with Crippen LogP contribution in [0.3, 0.4) is 0 Å². The quantitative estimate of drug-likeness (QED) is 0.851. The molecule has 0 bridgehead atoms. The van der Waals surface area contributed by atoms with Gasteiger partial charge in [0.05, 0.1) is 18.3 Å². The highest BCUT2D eigenvalue weighted by atomic mass is 16.6. The SMILES string of the molecule is CO[C@@H]1COC2(CCN(C(=O)c3ccc4ccccc4c3)CC2)C1. The molecule has 0 aliphatic carbocycles. The average molecular weight is 325 g/mol. The second kappa shape index (κ2) is 6.19. The Labute approximate surface area is 142 Å². The molecule has 2 saturated heterocycles. The highest BCUT2D eigenvalue weighted by Crippen LogP contribution is 2.37. The van der Waals surface area contributed by atoms with E-state index in [4.69, 9.17) is 9.47 Å². The number of fused-ring (bicyclic) bond motifs is 1. The molecule has 1 amide bonds. The van der Waals surface area contributed by atoms with Gasteiger partial charge in [0, 0.05) is 32.2 Å². The maximum Gasteiger partial charge on any atom is 0.253 e. The molecule has 2 aromatic rings. The summed E-state index contributed by atoms with van der Waals surface area (Å²) < 4.78 is 11.4. The summed E-state index contributed by atoms with van der Waals surface area (Å²) in [5.74, 6) is 0.122. The van der Waals surface area contributed by atoms with Crippen molar-refractivity contribution in [3.63, 3.8) is 0 Å². The normalized spacial score (nSPS) is 23.0. The van der Waals surface area contributed by atoms with E-state index in [0.717, 1.165) is 48.7 Å². The molecule has 0 N–H and O–H groups in total. The van der Waals surface area contributed by atoms with Crippen molar-refractivity contribution in [2.24, 2.45) is 0 Å². The molecule has 2 aromatic carbocycles. The van der Waals surface area contributed by atoms with Crippen molar-refractivity contribution < 1.29 is 14.3 Å².